The summed E-state index contributed by atoms with van der Waals surface area (Å²) >= 11 is 0. The van der Waals surface area contributed by atoms with Gasteiger partial charge in [-0.1, -0.05) is 19.1 Å². The Morgan fingerprint density at radius 1 is 1.15 bits per heavy atom. The number of hydrogen-bond acceptors (Lipinski definition) is 3. The van der Waals surface area contributed by atoms with Crippen LogP contribution in [0.5, 0.6) is 5.75 Å². The zero-order valence-electron chi connectivity index (χ0n) is 17.3. The van der Waals surface area contributed by atoms with Crippen LogP contribution >= 0.6 is 0 Å². The summed E-state index contributed by atoms with van der Waals surface area (Å²) in [6.07, 6.45) is 5.47. The lowest BCUT2D eigenvalue weighted by Gasteiger charge is -2.43. The van der Waals surface area contributed by atoms with Gasteiger partial charge in [-0.05, 0) is 75.1 Å². The van der Waals surface area contributed by atoms with E-state index in [1.54, 1.807) is 7.11 Å². The topological polar surface area (TPSA) is 24.8 Å². The Kier molecular flexibility index (Phi) is 5.41. The summed E-state index contributed by atoms with van der Waals surface area (Å²) in [6.45, 7) is 12.3. The third kappa shape index (κ3) is 3.92. The number of ether oxygens (including phenoxy) is 1. The van der Waals surface area contributed by atoms with E-state index in [9.17, 15) is 0 Å². The molecule has 0 N–H and O–H groups in total. The molecular weight excluding hydrogens is 332 g/mol. The molecule has 0 atom stereocenters. The average molecular weight is 363 g/mol. The number of methoxy groups -OCH3 is 1. The molecule has 0 amide bonds. The van der Waals surface area contributed by atoms with Crippen LogP contribution in [0.4, 0.5) is 11.4 Å². The smallest absolute Gasteiger partial charge is 0.121 e. The van der Waals surface area contributed by atoms with E-state index in [1.165, 1.54) is 22.4 Å². The van der Waals surface area contributed by atoms with E-state index in [4.69, 9.17) is 4.74 Å². The number of anilines is 1. The maximum absolute atomic E-state index is 5.29. The Bertz CT molecular complexity index is 893. The third-order valence-corrected chi connectivity index (χ3v) is 5.22. The molecule has 27 heavy (non-hydrogen) atoms. The summed E-state index contributed by atoms with van der Waals surface area (Å²) in [5.41, 5.74) is 7.30. The highest BCUT2D eigenvalue weighted by Crippen LogP contribution is 2.40. The molecule has 1 heterocycles. The minimum Gasteiger partial charge on any atom is -0.497 e. The van der Waals surface area contributed by atoms with E-state index in [0.717, 1.165) is 30.0 Å². The lowest BCUT2D eigenvalue weighted by molar-refractivity contribution is 0.415. The molecule has 0 aliphatic carbocycles. The summed E-state index contributed by atoms with van der Waals surface area (Å²) in [5, 5.41) is 0. The molecule has 142 valence electrons. The minimum atomic E-state index is 0.0374. The summed E-state index contributed by atoms with van der Waals surface area (Å²) in [7, 11) is 1.68. The number of nitrogens with zero attached hydrogens (tertiary/aromatic N) is 2. The van der Waals surface area contributed by atoms with Crippen molar-refractivity contribution in [2.75, 3.05) is 18.6 Å². The van der Waals surface area contributed by atoms with Crippen LogP contribution in [0.1, 0.15) is 50.8 Å². The van der Waals surface area contributed by atoms with Gasteiger partial charge >= 0.3 is 0 Å². The van der Waals surface area contributed by atoms with Crippen molar-refractivity contribution in [3.8, 4) is 5.75 Å². The number of allylic oxidation sites excluding steroid dienone is 1. The highest BCUT2D eigenvalue weighted by molar-refractivity contribution is 5.90. The monoisotopic (exact) mass is 362 g/mol. The van der Waals surface area contributed by atoms with Crippen molar-refractivity contribution in [1.29, 1.82) is 0 Å². The molecule has 3 rings (SSSR count). The van der Waals surface area contributed by atoms with Gasteiger partial charge in [0.1, 0.15) is 5.75 Å². The fourth-order valence-electron chi connectivity index (χ4n) is 3.85. The van der Waals surface area contributed by atoms with Gasteiger partial charge in [-0.25, -0.2) is 0 Å². The van der Waals surface area contributed by atoms with Gasteiger partial charge in [0, 0.05) is 30.1 Å². The van der Waals surface area contributed by atoms with Crippen molar-refractivity contribution in [1.82, 2.24) is 0 Å². The SMILES string of the molecule is CCCN1c2cc(C)c(C=Nc3cccc(OC)c3)cc2C(C)=CC1(C)C. The van der Waals surface area contributed by atoms with E-state index < -0.39 is 0 Å². The second kappa shape index (κ2) is 7.59. The number of aliphatic imine (C=N–C) groups is 1. The number of rotatable bonds is 5. The molecule has 0 aromatic heterocycles. The van der Waals surface area contributed by atoms with Gasteiger partial charge in [0.25, 0.3) is 0 Å². The van der Waals surface area contributed by atoms with E-state index in [0.29, 0.717) is 0 Å². The maximum Gasteiger partial charge on any atom is 0.121 e. The molecule has 0 spiro atoms. The van der Waals surface area contributed by atoms with Gasteiger partial charge in [0.15, 0.2) is 0 Å². The zero-order valence-corrected chi connectivity index (χ0v) is 17.3. The van der Waals surface area contributed by atoms with Crippen LogP contribution in [-0.2, 0) is 0 Å². The molecule has 3 heteroatoms. The van der Waals surface area contributed by atoms with E-state index in [-0.39, 0.29) is 5.54 Å². The highest BCUT2D eigenvalue weighted by atomic mass is 16.5. The fourth-order valence-corrected chi connectivity index (χ4v) is 3.85. The van der Waals surface area contributed by atoms with Crippen molar-refractivity contribution in [3.05, 3.63) is 59.2 Å². The largest absolute Gasteiger partial charge is 0.497 e. The molecule has 2 aromatic rings. The van der Waals surface area contributed by atoms with Gasteiger partial charge in [0.05, 0.1) is 18.3 Å². The Hall–Kier alpha value is -2.55. The van der Waals surface area contributed by atoms with Crippen LogP contribution in [0, 0.1) is 6.92 Å². The normalized spacial score (nSPS) is 15.6. The van der Waals surface area contributed by atoms with Crippen molar-refractivity contribution in [2.45, 2.75) is 46.6 Å². The van der Waals surface area contributed by atoms with E-state index in [2.05, 4.69) is 62.7 Å². The standard InChI is InChI=1S/C24H30N2O/c1-7-11-26-23-12-17(2)19(13-22(23)18(3)15-24(26,4)5)16-25-20-9-8-10-21(14-20)27-6/h8-10,12-16H,7,11H2,1-6H3. The predicted molar refractivity (Wildman–Crippen MR) is 117 cm³/mol. The van der Waals surface area contributed by atoms with Gasteiger partial charge in [0.2, 0.25) is 0 Å². The first-order chi connectivity index (χ1) is 12.9. The fraction of sp³-hybridized carbons (Fsp3) is 0.375. The zero-order chi connectivity index (χ0) is 19.6. The van der Waals surface area contributed by atoms with Gasteiger partial charge < -0.3 is 9.64 Å². The second-order valence-corrected chi connectivity index (χ2v) is 7.82. The molecule has 2 aromatic carbocycles. The van der Waals surface area contributed by atoms with Crippen molar-refractivity contribution < 1.29 is 4.74 Å². The van der Waals surface area contributed by atoms with Crippen LogP contribution in [0.3, 0.4) is 0 Å². The minimum absolute atomic E-state index is 0.0374. The highest BCUT2D eigenvalue weighted by Gasteiger charge is 2.30. The van der Waals surface area contributed by atoms with Crippen LogP contribution in [0.25, 0.3) is 5.57 Å². The third-order valence-electron chi connectivity index (χ3n) is 5.22. The molecule has 0 bridgehead atoms. The Morgan fingerprint density at radius 2 is 1.93 bits per heavy atom. The van der Waals surface area contributed by atoms with E-state index >= 15 is 0 Å². The number of hydrogen-bond donors (Lipinski definition) is 0. The van der Waals surface area contributed by atoms with Gasteiger partial charge in [-0.15, -0.1) is 0 Å². The summed E-state index contributed by atoms with van der Waals surface area (Å²) in [6, 6.07) is 12.4. The predicted octanol–water partition coefficient (Wildman–Crippen LogP) is 6.17. The molecule has 0 fully saturated rings. The van der Waals surface area contributed by atoms with E-state index in [1.807, 2.05) is 30.5 Å². The Balaban J connectivity index is 2.00. The first-order valence-corrected chi connectivity index (χ1v) is 9.66. The number of fused-ring (bicyclic) bond motifs is 1. The molecule has 0 unspecified atom stereocenters. The quantitative estimate of drug-likeness (QED) is 0.595. The van der Waals surface area contributed by atoms with Crippen molar-refractivity contribution in [3.63, 3.8) is 0 Å². The van der Waals surface area contributed by atoms with Crippen LogP contribution in [-0.4, -0.2) is 25.4 Å². The molecule has 1 aliphatic rings. The Morgan fingerprint density at radius 3 is 2.63 bits per heavy atom. The van der Waals surface area contributed by atoms with Crippen molar-refractivity contribution in [2.24, 2.45) is 4.99 Å². The number of benzene rings is 2. The van der Waals surface area contributed by atoms with Crippen molar-refractivity contribution >= 4 is 23.2 Å². The van der Waals surface area contributed by atoms with Crippen LogP contribution in [0.2, 0.25) is 0 Å². The molecule has 0 saturated carbocycles. The molecular formula is C24H30N2O. The summed E-state index contributed by atoms with van der Waals surface area (Å²) in [4.78, 5) is 7.18. The number of aryl methyl sites for hydroxylation is 1. The molecule has 0 radical (unpaired) electrons. The Labute approximate surface area is 163 Å². The second-order valence-electron chi connectivity index (χ2n) is 7.82. The summed E-state index contributed by atoms with van der Waals surface area (Å²) in [5.74, 6) is 0.822. The first kappa shape index (κ1) is 19.2. The lowest BCUT2D eigenvalue weighted by Crippen LogP contribution is -2.45. The molecule has 3 nitrogen and oxygen atoms in total. The molecule has 0 saturated heterocycles. The van der Waals surface area contributed by atoms with Crippen LogP contribution in [0.15, 0.2) is 47.5 Å². The molecule has 1 aliphatic heterocycles. The lowest BCUT2D eigenvalue weighted by atomic mass is 9.87. The van der Waals surface area contributed by atoms with Gasteiger partial charge in [-0.2, -0.15) is 0 Å². The average Bonchev–Trinajstić information content (AvgIpc) is 2.63. The van der Waals surface area contributed by atoms with Gasteiger partial charge in [-0.3, -0.25) is 4.99 Å². The first-order valence-electron chi connectivity index (χ1n) is 9.66. The maximum atomic E-state index is 5.29. The van der Waals surface area contributed by atoms with Crippen LogP contribution < -0.4 is 9.64 Å². The summed E-state index contributed by atoms with van der Waals surface area (Å²) < 4.78 is 5.29.